The molecule has 0 aliphatic heterocycles. The molecule has 0 bridgehead atoms. The molecule has 1 atom stereocenters. The molecule has 9 heteroatoms. The second-order valence-electron chi connectivity index (χ2n) is 5.59. The summed E-state index contributed by atoms with van der Waals surface area (Å²) in [5.74, 6) is -0.903. The Balaban J connectivity index is 1.96. The number of benzene rings is 1. The predicted octanol–water partition coefficient (Wildman–Crippen LogP) is 3.56. The molecule has 136 valence electrons. The molecule has 0 aliphatic carbocycles. The van der Waals surface area contributed by atoms with Gasteiger partial charge in [0.05, 0.1) is 17.1 Å². The summed E-state index contributed by atoms with van der Waals surface area (Å²) in [5.41, 5.74) is 0.196. The van der Waals surface area contributed by atoms with Gasteiger partial charge in [-0.1, -0.05) is 6.07 Å². The summed E-state index contributed by atoms with van der Waals surface area (Å²) in [7, 11) is 1.69. The second-order valence-corrected chi connectivity index (χ2v) is 5.59. The van der Waals surface area contributed by atoms with E-state index in [1.165, 1.54) is 12.4 Å². The molecule has 0 unspecified atom stereocenters. The van der Waals surface area contributed by atoms with Gasteiger partial charge in [0.2, 0.25) is 0 Å². The van der Waals surface area contributed by atoms with Crippen LogP contribution in [0, 0.1) is 5.82 Å². The predicted molar refractivity (Wildman–Crippen MR) is 89.0 cm³/mol. The minimum absolute atomic E-state index is 0.336. The molecule has 3 rings (SSSR count). The summed E-state index contributed by atoms with van der Waals surface area (Å²) in [6.45, 7) is 0.336. The van der Waals surface area contributed by atoms with Crippen LogP contribution in [0.3, 0.4) is 0 Å². The average Bonchev–Trinajstić information content (AvgIpc) is 2.60. The van der Waals surface area contributed by atoms with E-state index in [9.17, 15) is 17.6 Å². The molecule has 1 aromatic carbocycles. The number of rotatable bonds is 5. The van der Waals surface area contributed by atoms with E-state index in [-0.39, 0.29) is 0 Å². The van der Waals surface area contributed by atoms with Crippen LogP contribution in [-0.2, 0) is 6.18 Å². The number of nitrogens with zero attached hydrogens (tertiary/aromatic N) is 3. The molecule has 3 aromatic rings. The van der Waals surface area contributed by atoms with Gasteiger partial charge in [-0.3, -0.25) is 4.98 Å². The van der Waals surface area contributed by atoms with Gasteiger partial charge in [0, 0.05) is 12.7 Å². The molecule has 2 aromatic heterocycles. The van der Waals surface area contributed by atoms with Crippen LogP contribution < -0.4 is 10.6 Å². The van der Waals surface area contributed by atoms with Crippen LogP contribution in [0.2, 0.25) is 0 Å². The van der Waals surface area contributed by atoms with Crippen molar-refractivity contribution in [1.82, 2.24) is 20.3 Å². The summed E-state index contributed by atoms with van der Waals surface area (Å²) in [6.07, 6.45) is -1.79. The zero-order valence-corrected chi connectivity index (χ0v) is 13.7. The summed E-state index contributed by atoms with van der Waals surface area (Å²) in [6, 6.07) is 5.85. The van der Waals surface area contributed by atoms with Crippen molar-refractivity contribution in [2.75, 3.05) is 18.9 Å². The third-order valence-electron chi connectivity index (χ3n) is 3.81. The maximum absolute atomic E-state index is 13.9. The molecule has 0 spiro atoms. The number of halogens is 4. The Labute approximate surface area is 146 Å². The Hall–Kier alpha value is -2.81. The third-order valence-corrected chi connectivity index (χ3v) is 3.81. The highest BCUT2D eigenvalue weighted by Gasteiger charge is 2.34. The van der Waals surface area contributed by atoms with E-state index in [4.69, 9.17) is 0 Å². The highest BCUT2D eigenvalue weighted by atomic mass is 19.4. The molecule has 26 heavy (non-hydrogen) atoms. The Bertz CT molecular complexity index is 908. The number of anilines is 1. The fraction of sp³-hybridized carbons (Fsp3) is 0.235. The van der Waals surface area contributed by atoms with E-state index in [2.05, 4.69) is 25.6 Å². The number of hydrogen-bond donors (Lipinski definition) is 2. The van der Waals surface area contributed by atoms with Gasteiger partial charge in [0.25, 0.3) is 0 Å². The summed E-state index contributed by atoms with van der Waals surface area (Å²) >= 11 is 0. The monoisotopic (exact) mass is 365 g/mol. The zero-order chi connectivity index (χ0) is 18.7. The van der Waals surface area contributed by atoms with Crippen molar-refractivity contribution >= 4 is 16.9 Å². The molecule has 0 aliphatic rings. The largest absolute Gasteiger partial charge is 0.419 e. The first-order valence-corrected chi connectivity index (χ1v) is 7.73. The Morgan fingerprint density at radius 1 is 1.12 bits per heavy atom. The van der Waals surface area contributed by atoms with Crippen molar-refractivity contribution in [3.8, 4) is 0 Å². The molecule has 0 amide bonds. The van der Waals surface area contributed by atoms with Crippen molar-refractivity contribution in [3.05, 3.63) is 59.8 Å². The highest BCUT2D eigenvalue weighted by Crippen LogP contribution is 2.33. The van der Waals surface area contributed by atoms with Gasteiger partial charge in [0.15, 0.2) is 5.82 Å². The number of nitrogens with one attached hydrogen (secondary N) is 2. The van der Waals surface area contributed by atoms with E-state index >= 15 is 0 Å². The van der Waals surface area contributed by atoms with Crippen LogP contribution in [0.25, 0.3) is 11.0 Å². The highest BCUT2D eigenvalue weighted by molar-refractivity contribution is 5.84. The lowest BCUT2D eigenvalue weighted by Gasteiger charge is -2.21. The van der Waals surface area contributed by atoms with Crippen LogP contribution in [0.1, 0.15) is 17.2 Å². The maximum Gasteiger partial charge on any atom is 0.419 e. The van der Waals surface area contributed by atoms with Crippen LogP contribution in [0.4, 0.5) is 23.4 Å². The molecule has 5 nitrogen and oxygen atoms in total. The number of alkyl halides is 3. The topological polar surface area (TPSA) is 62.7 Å². The van der Waals surface area contributed by atoms with E-state index in [0.29, 0.717) is 29.0 Å². The van der Waals surface area contributed by atoms with E-state index < -0.39 is 23.6 Å². The minimum Gasteiger partial charge on any atom is -0.360 e. The molecular formula is C17H15F4N5. The maximum atomic E-state index is 13.9. The van der Waals surface area contributed by atoms with E-state index in [1.807, 2.05) is 0 Å². The third kappa shape index (κ3) is 3.72. The Morgan fingerprint density at radius 2 is 1.92 bits per heavy atom. The van der Waals surface area contributed by atoms with Gasteiger partial charge < -0.3 is 10.6 Å². The SMILES string of the molecule is CNC[C@@H](Nc1ncnc2cccnc12)c1ccc(C(F)(F)F)c(F)c1. The van der Waals surface area contributed by atoms with Gasteiger partial charge in [-0.15, -0.1) is 0 Å². The van der Waals surface area contributed by atoms with Gasteiger partial charge in [-0.2, -0.15) is 13.2 Å². The molecular weight excluding hydrogens is 350 g/mol. The zero-order valence-electron chi connectivity index (χ0n) is 13.7. The van der Waals surface area contributed by atoms with Crippen LogP contribution in [0.5, 0.6) is 0 Å². The smallest absolute Gasteiger partial charge is 0.360 e. The van der Waals surface area contributed by atoms with Crippen LogP contribution in [0.15, 0.2) is 42.9 Å². The number of aromatic nitrogens is 3. The van der Waals surface area contributed by atoms with E-state index in [0.717, 1.165) is 12.1 Å². The fourth-order valence-electron chi connectivity index (χ4n) is 2.60. The van der Waals surface area contributed by atoms with Gasteiger partial charge in [-0.25, -0.2) is 14.4 Å². The first kappa shape index (κ1) is 18.0. The molecule has 0 saturated heterocycles. The number of hydrogen-bond acceptors (Lipinski definition) is 5. The average molecular weight is 365 g/mol. The molecule has 2 heterocycles. The standard InChI is InChI=1S/C17H15F4N5/c1-22-8-14(10-4-5-11(12(18)7-10)17(19,20)21)26-16-15-13(24-9-25-16)3-2-6-23-15/h2-7,9,14,22H,8H2,1H3,(H,24,25,26)/t14-/m1/s1. The molecule has 0 radical (unpaired) electrons. The normalized spacial score (nSPS) is 13.0. The lowest BCUT2D eigenvalue weighted by molar-refractivity contribution is -0.140. The Morgan fingerprint density at radius 3 is 2.62 bits per heavy atom. The van der Waals surface area contributed by atoms with Gasteiger partial charge in [-0.05, 0) is 36.9 Å². The Kier molecular flexibility index (Phi) is 4.99. The summed E-state index contributed by atoms with van der Waals surface area (Å²) < 4.78 is 52.2. The van der Waals surface area contributed by atoms with Crippen molar-refractivity contribution in [1.29, 1.82) is 0 Å². The number of fused-ring (bicyclic) bond motifs is 1. The molecule has 0 fully saturated rings. The van der Waals surface area contributed by atoms with Gasteiger partial charge in [0.1, 0.15) is 17.7 Å². The van der Waals surface area contributed by atoms with Crippen molar-refractivity contribution in [3.63, 3.8) is 0 Å². The van der Waals surface area contributed by atoms with Crippen molar-refractivity contribution in [2.45, 2.75) is 12.2 Å². The number of pyridine rings is 1. The van der Waals surface area contributed by atoms with Gasteiger partial charge >= 0.3 is 6.18 Å². The summed E-state index contributed by atoms with van der Waals surface area (Å²) in [5, 5.41) is 6.03. The molecule has 2 N–H and O–H groups in total. The van der Waals surface area contributed by atoms with Crippen molar-refractivity contribution < 1.29 is 17.6 Å². The quantitative estimate of drug-likeness (QED) is 0.677. The summed E-state index contributed by atoms with van der Waals surface area (Å²) in [4.78, 5) is 12.5. The minimum atomic E-state index is -4.73. The lowest BCUT2D eigenvalue weighted by Crippen LogP contribution is -2.24. The number of likely N-dealkylation sites (N-methyl/N-ethyl adjacent to an activating group) is 1. The van der Waals surface area contributed by atoms with Crippen LogP contribution in [-0.4, -0.2) is 28.5 Å². The lowest BCUT2D eigenvalue weighted by atomic mass is 10.0. The van der Waals surface area contributed by atoms with E-state index in [1.54, 1.807) is 25.4 Å². The van der Waals surface area contributed by atoms with Crippen LogP contribution >= 0.6 is 0 Å². The fourth-order valence-corrected chi connectivity index (χ4v) is 2.60. The first-order valence-electron chi connectivity index (χ1n) is 7.73. The van der Waals surface area contributed by atoms with Crippen molar-refractivity contribution in [2.24, 2.45) is 0 Å². The second kappa shape index (κ2) is 7.20. The first-order chi connectivity index (χ1) is 12.4. The molecule has 0 saturated carbocycles.